The Bertz CT molecular complexity index is 406. The van der Waals surface area contributed by atoms with Crippen LogP contribution in [0.3, 0.4) is 0 Å². The number of hydrogen-bond donors (Lipinski definition) is 1. The molecular weight excluding hydrogens is 288 g/mol. The van der Waals surface area contributed by atoms with Crippen molar-refractivity contribution in [3.63, 3.8) is 0 Å². The largest absolute Gasteiger partial charge is 0.378 e. The summed E-state index contributed by atoms with van der Waals surface area (Å²) < 4.78 is 5.92. The molecule has 2 rings (SSSR count). The standard InChI is InChI=1S/C16H24N2O2.ClH/c1-17-13-16(19)18-10-7-15(8-11-18)20-12-9-14-5-3-2-4-6-14;/h2-6,15,17H,7-13H2,1H3;1H. The van der Waals surface area contributed by atoms with E-state index in [9.17, 15) is 4.79 Å². The highest BCUT2D eigenvalue weighted by atomic mass is 35.5. The first-order valence-electron chi connectivity index (χ1n) is 7.37. The molecule has 1 amide bonds. The van der Waals surface area contributed by atoms with Gasteiger partial charge in [-0.3, -0.25) is 4.79 Å². The van der Waals surface area contributed by atoms with Crippen LogP contribution in [0, 0.1) is 0 Å². The molecule has 0 saturated carbocycles. The number of carbonyl (C=O) groups excluding carboxylic acids is 1. The molecule has 118 valence electrons. The molecular formula is C16H25ClN2O2. The molecule has 0 spiro atoms. The van der Waals surface area contributed by atoms with Crippen LogP contribution in [-0.4, -0.2) is 50.2 Å². The van der Waals surface area contributed by atoms with Crippen molar-refractivity contribution in [3.05, 3.63) is 35.9 Å². The van der Waals surface area contributed by atoms with Crippen LogP contribution in [0.2, 0.25) is 0 Å². The maximum Gasteiger partial charge on any atom is 0.236 e. The molecule has 0 radical (unpaired) electrons. The van der Waals surface area contributed by atoms with E-state index in [-0.39, 0.29) is 18.3 Å². The molecule has 0 bridgehead atoms. The number of likely N-dealkylation sites (tertiary alicyclic amines) is 1. The number of carbonyl (C=O) groups is 1. The van der Waals surface area contributed by atoms with E-state index in [0.29, 0.717) is 12.6 Å². The van der Waals surface area contributed by atoms with E-state index in [2.05, 4.69) is 29.6 Å². The first kappa shape index (κ1) is 18.0. The highest BCUT2D eigenvalue weighted by molar-refractivity contribution is 5.85. The predicted octanol–water partition coefficient (Wildman–Crippen LogP) is 1.88. The minimum absolute atomic E-state index is 0. The zero-order chi connectivity index (χ0) is 14.2. The SMILES string of the molecule is CNCC(=O)N1CCC(OCCc2ccccc2)CC1.Cl. The fourth-order valence-electron chi connectivity index (χ4n) is 2.52. The normalized spacial score (nSPS) is 15.6. The smallest absolute Gasteiger partial charge is 0.236 e. The minimum atomic E-state index is 0. The molecule has 1 aliphatic heterocycles. The monoisotopic (exact) mass is 312 g/mol. The van der Waals surface area contributed by atoms with Gasteiger partial charge >= 0.3 is 0 Å². The van der Waals surface area contributed by atoms with E-state index in [1.807, 2.05) is 11.0 Å². The van der Waals surface area contributed by atoms with Crippen LogP contribution in [0.25, 0.3) is 0 Å². The summed E-state index contributed by atoms with van der Waals surface area (Å²) in [6.45, 7) is 2.83. The Labute approximate surface area is 133 Å². The number of likely N-dealkylation sites (N-methyl/N-ethyl adjacent to an activating group) is 1. The topological polar surface area (TPSA) is 41.6 Å². The van der Waals surface area contributed by atoms with Crippen molar-refractivity contribution >= 4 is 18.3 Å². The quantitative estimate of drug-likeness (QED) is 0.872. The van der Waals surface area contributed by atoms with Crippen LogP contribution >= 0.6 is 12.4 Å². The van der Waals surface area contributed by atoms with Gasteiger partial charge in [0.1, 0.15) is 0 Å². The number of ether oxygens (including phenoxy) is 1. The van der Waals surface area contributed by atoms with E-state index < -0.39 is 0 Å². The summed E-state index contributed by atoms with van der Waals surface area (Å²) in [7, 11) is 1.80. The summed E-state index contributed by atoms with van der Waals surface area (Å²) in [6.07, 6.45) is 3.16. The first-order valence-corrected chi connectivity index (χ1v) is 7.37. The second kappa shape index (κ2) is 9.77. The van der Waals surface area contributed by atoms with E-state index in [1.54, 1.807) is 7.05 Å². The molecule has 1 saturated heterocycles. The maximum atomic E-state index is 11.7. The van der Waals surface area contributed by atoms with Gasteiger partial charge in [-0.25, -0.2) is 0 Å². The number of hydrogen-bond acceptors (Lipinski definition) is 3. The van der Waals surface area contributed by atoms with Crippen LogP contribution < -0.4 is 5.32 Å². The van der Waals surface area contributed by atoms with E-state index in [0.717, 1.165) is 39.0 Å². The van der Waals surface area contributed by atoms with Crippen molar-refractivity contribution in [2.24, 2.45) is 0 Å². The summed E-state index contributed by atoms with van der Waals surface area (Å²) in [5, 5.41) is 2.91. The summed E-state index contributed by atoms with van der Waals surface area (Å²) in [4.78, 5) is 13.7. The zero-order valence-electron chi connectivity index (χ0n) is 12.6. The average Bonchev–Trinajstić information content (AvgIpc) is 2.49. The predicted molar refractivity (Wildman–Crippen MR) is 86.9 cm³/mol. The maximum absolute atomic E-state index is 11.7. The summed E-state index contributed by atoms with van der Waals surface area (Å²) in [6, 6.07) is 10.4. The molecule has 0 aliphatic carbocycles. The molecule has 4 nitrogen and oxygen atoms in total. The average molecular weight is 313 g/mol. The van der Waals surface area contributed by atoms with E-state index in [4.69, 9.17) is 4.74 Å². The fraction of sp³-hybridized carbons (Fsp3) is 0.562. The minimum Gasteiger partial charge on any atom is -0.378 e. The Hall–Kier alpha value is -1.10. The van der Waals surface area contributed by atoms with Gasteiger partial charge in [-0.05, 0) is 31.9 Å². The van der Waals surface area contributed by atoms with Gasteiger partial charge in [0.25, 0.3) is 0 Å². The van der Waals surface area contributed by atoms with Crippen LogP contribution in [0.1, 0.15) is 18.4 Å². The van der Waals surface area contributed by atoms with Crippen LogP contribution in [0.5, 0.6) is 0 Å². The molecule has 0 aromatic heterocycles. The van der Waals surface area contributed by atoms with Gasteiger partial charge in [-0.1, -0.05) is 30.3 Å². The lowest BCUT2D eigenvalue weighted by Gasteiger charge is -2.32. The number of amides is 1. The molecule has 1 aromatic carbocycles. The zero-order valence-corrected chi connectivity index (χ0v) is 13.4. The van der Waals surface area contributed by atoms with Crippen LogP contribution in [-0.2, 0) is 16.0 Å². The summed E-state index contributed by atoms with van der Waals surface area (Å²) in [5.41, 5.74) is 1.31. The lowest BCUT2D eigenvalue weighted by Crippen LogP contribution is -2.44. The van der Waals surface area contributed by atoms with Crippen molar-refractivity contribution in [3.8, 4) is 0 Å². The molecule has 21 heavy (non-hydrogen) atoms. The van der Waals surface area contributed by atoms with E-state index in [1.165, 1.54) is 5.56 Å². The van der Waals surface area contributed by atoms with Crippen LogP contribution in [0.15, 0.2) is 30.3 Å². The number of nitrogens with one attached hydrogen (secondary N) is 1. The van der Waals surface area contributed by atoms with Crippen LogP contribution in [0.4, 0.5) is 0 Å². The molecule has 0 atom stereocenters. The lowest BCUT2D eigenvalue weighted by molar-refractivity contribution is -0.132. The van der Waals surface area contributed by atoms with Crippen molar-refractivity contribution in [2.45, 2.75) is 25.4 Å². The Morgan fingerprint density at radius 3 is 2.57 bits per heavy atom. The molecule has 1 aliphatic rings. The third-order valence-corrected chi connectivity index (χ3v) is 3.71. The Morgan fingerprint density at radius 1 is 1.29 bits per heavy atom. The van der Waals surface area contributed by atoms with Crippen molar-refractivity contribution in [1.82, 2.24) is 10.2 Å². The second-order valence-electron chi connectivity index (χ2n) is 5.22. The molecule has 1 N–H and O–H groups in total. The van der Waals surface area contributed by atoms with Gasteiger partial charge in [0, 0.05) is 13.1 Å². The van der Waals surface area contributed by atoms with E-state index >= 15 is 0 Å². The third kappa shape index (κ3) is 6.04. The molecule has 5 heteroatoms. The Kier molecular flexibility index (Phi) is 8.35. The molecule has 1 aromatic rings. The summed E-state index contributed by atoms with van der Waals surface area (Å²) in [5.74, 6) is 0.190. The van der Waals surface area contributed by atoms with Crippen molar-refractivity contribution in [1.29, 1.82) is 0 Å². The van der Waals surface area contributed by atoms with Gasteiger partial charge in [0.15, 0.2) is 0 Å². The first-order chi connectivity index (χ1) is 9.79. The molecule has 1 heterocycles. The molecule has 0 unspecified atom stereocenters. The number of rotatable bonds is 6. The second-order valence-corrected chi connectivity index (χ2v) is 5.22. The van der Waals surface area contributed by atoms with Gasteiger partial charge in [-0.15, -0.1) is 12.4 Å². The van der Waals surface area contributed by atoms with Crippen molar-refractivity contribution < 1.29 is 9.53 Å². The fourth-order valence-corrected chi connectivity index (χ4v) is 2.52. The van der Waals surface area contributed by atoms with Gasteiger partial charge in [-0.2, -0.15) is 0 Å². The van der Waals surface area contributed by atoms with Gasteiger partial charge < -0.3 is 15.0 Å². The number of nitrogens with zero attached hydrogens (tertiary/aromatic N) is 1. The van der Waals surface area contributed by atoms with Gasteiger partial charge in [0.2, 0.25) is 5.91 Å². The Balaban J connectivity index is 0.00000220. The highest BCUT2D eigenvalue weighted by Gasteiger charge is 2.22. The van der Waals surface area contributed by atoms with Crippen molar-refractivity contribution in [2.75, 3.05) is 33.3 Å². The highest BCUT2D eigenvalue weighted by Crippen LogP contribution is 2.14. The number of halogens is 1. The number of benzene rings is 1. The number of piperidine rings is 1. The molecule has 1 fully saturated rings. The third-order valence-electron chi connectivity index (χ3n) is 3.71. The lowest BCUT2D eigenvalue weighted by atomic mass is 10.1. The Morgan fingerprint density at radius 2 is 1.95 bits per heavy atom. The summed E-state index contributed by atoms with van der Waals surface area (Å²) >= 11 is 0. The van der Waals surface area contributed by atoms with Gasteiger partial charge in [0.05, 0.1) is 19.3 Å².